The number of para-hydroxylation sites is 1. The van der Waals surface area contributed by atoms with Crippen molar-refractivity contribution in [1.29, 1.82) is 0 Å². The van der Waals surface area contributed by atoms with E-state index in [1.807, 2.05) is 37.3 Å². The number of carbonyl (C=O) groups is 1. The van der Waals surface area contributed by atoms with Crippen LogP contribution in [0.2, 0.25) is 0 Å². The van der Waals surface area contributed by atoms with E-state index in [4.69, 9.17) is 0 Å². The van der Waals surface area contributed by atoms with Crippen molar-refractivity contribution in [2.24, 2.45) is 5.92 Å². The lowest BCUT2D eigenvalue weighted by molar-refractivity contribution is 0.0936. The van der Waals surface area contributed by atoms with Crippen molar-refractivity contribution < 1.29 is 4.79 Å². The largest absolute Gasteiger partial charge is 0.350 e. The number of benzene rings is 1. The predicted octanol–water partition coefficient (Wildman–Crippen LogP) is 1.07. The Morgan fingerprint density at radius 2 is 2.17 bits per heavy atom. The topological polar surface area (TPSA) is 84.7 Å². The van der Waals surface area contributed by atoms with E-state index in [0.717, 1.165) is 29.7 Å². The Morgan fingerprint density at radius 3 is 2.96 bits per heavy atom. The predicted molar refractivity (Wildman–Crippen MR) is 90.1 cm³/mol. The third-order valence-electron chi connectivity index (χ3n) is 4.37. The van der Waals surface area contributed by atoms with Crippen LogP contribution in [-0.2, 0) is 0 Å². The number of hydrogen-bond acceptors (Lipinski definition) is 5. The number of nitrogens with zero attached hydrogens (tertiary/aromatic N) is 4. The summed E-state index contributed by atoms with van der Waals surface area (Å²) in [6.45, 7) is 4.41. The summed E-state index contributed by atoms with van der Waals surface area (Å²) < 4.78 is 1.68. The zero-order valence-electron chi connectivity index (χ0n) is 13.4. The smallest absolute Gasteiger partial charge is 0.273 e. The molecule has 0 spiro atoms. The maximum Gasteiger partial charge on any atom is 0.273 e. The SMILES string of the molecule is Cc1c(C(=O)NCC2CNC2)nnn1-c1cccc2cccnc12. The van der Waals surface area contributed by atoms with Gasteiger partial charge in [0.05, 0.1) is 16.9 Å². The lowest BCUT2D eigenvalue weighted by Crippen LogP contribution is -2.48. The van der Waals surface area contributed by atoms with Gasteiger partial charge in [-0.05, 0) is 19.1 Å². The van der Waals surface area contributed by atoms with Crippen molar-refractivity contribution >= 4 is 16.8 Å². The van der Waals surface area contributed by atoms with Gasteiger partial charge in [-0.2, -0.15) is 0 Å². The molecule has 3 aromatic rings. The molecule has 0 saturated carbocycles. The van der Waals surface area contributed by atoms with Gasteiger partial charge in [-0.1, -0.05) is 23.4 Å². The second-order valence-corrected chi connectivity index (χ2v) is 6.02. The van der Waals surface area contributed by atoms with Gasteiger partial charge in [-0.3, -0.25) is 9.78 Å². The number of amides is 1. The van der Waals surface area contributed by atoms with Crippen LogP contribution in [0.4, 0.5) is 0 Å². The third-order valence-corrected chi connectivity index (χ3v) is 4.37. The van der Waals surface area contributed by atoms with Crippen molar-refractivity contribution in [3.63, 3.8) is 0 Å². The summed E-state index contributed by atoms with van der Waals surface area (Å²) in [5.74, 6) is 0.324. The van der Waals surface area contributed by atoms with Crippen LogP contribution in [0.1, 0.15) is 16.2 Å². The highest BCUT2D eigenvalue weighted by Crippen LogP contribution is 2.21. The lowest BCUT2D eigenvalue weighted by atomic mass is 10.0. The second kappa shape index (κ2) is 6.01. The number of pyridine rings is 1. The van der Waals surface area contributed by atoms with Crippen LogP contribution in [0.25, 0.3) is 16.6 Å². The molecule has 0 bridgehead atoms. The van der Waals surface area contributed by atoms with Gasteiger partial charge in [-0.15, -0.1) is 5.10 Å². The molecule has 0 unspecified atom stereocenters. The van der Waals surface area contributed by atoms with E-state index >= 15 is 0 Å². The van der Waals surface area contributed by atoms with Gasteiger partial charge in [0.25, 0.3) is 5.91 Å². The molecular weight excluding hydrogens is 304 g/mol. The van der Waals surface area contributed by atoms with Crippen LogP contribution < -0.4 is 10.6 Å². The zero-order chi connectivity index (χ0) is 16.5. The number of rotatable bonds is 4. The third kappa shape index (κ3) is 2.52. The molecule has 1 fully saturated rings. The normalized spacial score (nSPS) is 14.5. The molecule has 2 aromatic heterocycles. The molecule has 122 valence electrons. The molecule has 24 heavy (non-hydrogen) atoms. The average Bonchev–Trinajstić information content (AvgIpc) is 2.94. The monoisotopic (exact) mass is 322 g/mol. The van der Waals surface area contributed by atoms with Crippen LogP contribution >= 0.6 is 0 Å². The van der Waals surface area contributed by atoms with Crippen molar-refractivity contribution in [3.8, 4) is 5.69 Å². The van der Waals surface area contributed by atoms with Crippen molar-refractivity contribution in [1.82, 2.24) is 30.6 Å². The highest BCUT2D eigenvalue weighted by Gasteiger charge is 2.21. The molecule has 0 atom stereocenters. The van der Waals surface area contributed by atoms with E-state index in [0.29, 0.717) is 23.9 Å². The Hall–Kier alpha value is -2.80. The molecule has 1 aromatic carbocycles. The van der Waals surface area contributed by atoms with E-state index in [1.165, 1.54) is 0 Å². The Balaban J connectivity index is 1.64. The number of carbonyl (C=O) groups excluding carboxylic acids is 1. The Kier molecular flexibility index (Phi) is 3.70. The van der Waals surface area contributed by atoms with Gasteiger partial charge in [0.15, 0.2) is 5.69 Å². The van der Waals surface area contributed by atoms with Gasteiger partial charge >= 0.3 is 0 Å². The fourth-order valence-electron chi connectivity index (χ4n) is 2.84. The highest BCUT2D eigenvalue weighted by molar-refractivity contribution is 5.93. The molecule has 1 aliphatic rings. The highest BCUT2D eigenvalue weighted by atomic mass is 16.2. The molecule has 2 N–H and O–H groups in total. The van der Waals surface area contributed by atoms with Crippen LogP contribution in [0.5, 0.6) is 0 Å². The summed E-state index contributed by atoms with van der Waals surface area (Å²) in [4.78, 5) is 16.8. The zero-order valence-corrected chi connectivity index (χ0v) is 13.4. The van der Waals surface area contributed by atoms with Gasteiger partial charge in [0, 0.05) is 37.1 Å². The Bertz CT molecular complexity index is 894. The molecule has 7 heteroatoms. The van der Waals surface area contributed by atoms with Crippen LogP contribution in [-0.4, -0.2) is 45.5 Å². The van der Waals surface area contributed by atoms with E-state index in [-0.39, 0.29) is 5.91 Å². The molecular formula is C17H18N6O. The molecule has 1 saturated heterocycles. The first-order valence-corrected chi connectivity index (χ1v) is 7.99. The van der Waals surface area contributed by atoms with Crippen molar-refractivity contribution in [2.45, 2.75) is 6.92 Å². The number of fused-ring (bicyclic) bond motifs is 1. The standard InChI is InChI=1S/C17H18N6O/c1-11-15(17(24)20-10-12-8-18-9-12)21-22-23(11)14-6-2-4-13-5-3-7-19-16(13)14/h2-7,12,18H,8-10H2,1H3,(H,20,24). The van der Waals surface area contributed by atoms with E-state index in [9.17, 15) is 4.79 Å². The molecule has 1 aliphatic heterocycles. The summed E-state index contributed by atoms with van der Waals surface area (Å²) in [5.41, 5.74) is 2.72. The summed E-state index contributed by atoms with van der Waals surface area (Å²) in [6.07, 6.45) is 1.75. The molecule has 4 rings (SSSR count). The summed E-state index contributed by atoms with van der Waals surface area (Å²) in [7, 11) is 0. The summed E-state index contributed by atoms with van der Waals surface area (Å²) >= 11 is 0. The fraction of sp³-hybridized carbons (Fsp3) is 0.294. The minimum Gasteiger partial charge on any atom is -0.350 e. The second-order valence-electron chi connectivity index (χ2n) is 6.02. The maximum absolute atomic E-state index is 12.4. The first-order chi connectivity index (χ1) is 11.7. The van der Waals surface area contributed by atoms with Crippen molar-refractivity contribution in [2.75, 3.05) is 19.6 Å². The van der Waals surface area contributed by atoms with Gasteiger partial charge in [0.1, 0.15) is 0 Å². The molecule has 7 nitrogen and oxygen atoms in total. The Morgan fingerprint density at radius 1 is 1.33 bits per heavy atom. The molecule has 0 radical (unpaired) electrons. The molecule has 0 aliphatic carbocycles. The molecule has 1 amide bonds. The molecule has 3 heterocycles. The minimum absolute atomic E-state index is 0.182. The number of hydrogen-bond donors (Lipinski definition) is 2. The maximum atomic E-state index is 12.4. The van der Waals surface area contributed by atoms with Crippen LogP contribution in [0.15, 0.2) is 36.5 Å². The van der Waals surface area contributed by atoms with Gasteiger partial charge in [0.2, 0.25) is 0 Å². The van der Waals surface area contributed by atoms with Gasteiger partial charge < -0.3 is 10.6 Å². The van der Waals surface area contributed by atoms with E-state index < -0.39 is 0 Å². The van der Waals surface area contributed by atoms with Crippen LogP contribution in [0.3, 0.4) is 0 Å². The van der Waals surface area contributed by atoms with Crippen LogP contribution in [0, 0.1) is 12.8 Å². The van der Waals surface area contributed by atoms with Crippen molar-refractivity contribution in [3.05, 3.63) is 47.9 Å². The number of nitrogens with one attached hydrogen (secondary N) is 2. The number of aromatic nitrogens is 4. The van der Waals surface area contributed by atoms with E-state index in [2.05, 4.69) is 25.9 Å². The summed E-state index contributed by atoms with van der Waals surface area (Å²) in [6, 6.07) is 9.77. The Labute approximate surface area is 139 Å². The minimum atomic E-state index is -0.182. The first kappa shape index (κ1) is 14.8. The average molecular weight is 322 g/mol. The van der Waals surface area contributed by atoms with Gasteiger partial charge in [-0.25, -0.2) is 4.68 Å². The summed E-state index contributed by atoms with van der Waals surface area (Å²) in [5, 5.41) is 15.4. The fourth-order valence-corrected chi connectivity index (χ4v) is 2.84. The lowest BCUT2D eigenvalue weighted by Gasteiger charge is -2.26. The van der Waals surface area contributed by atoms with E-state index in [1.54, 1.807) is 10.9 Å². The quantitative estimate of drug-likeness (QED) is 0.751. The first-order valence-electron chi connectivity index (χ1n) is 7.99.